The fraction of sp³-hybridized carbons (Fsp3) is 0.543. The number of hydrogen-bond acceptors (Lipinski definition) is 2. The van der Waals surface area contributed by atoms with Gasteiger partial charge in [0.1, 0.15) is 5.78 Å². The molecule has 0 aliphatic heterocycles. The fourth-order valence-corrected chi connectivity index (χ4v) is 3.83. The predicted octanol–water partition coefficient (Wildman–Crippen LogP) is 11.4. The van der Waals surface area contributed by atoms with Crippen LogP contribution in [0.15, 0.2) is 60.8 Å². The first-order valence-corrected chi connectivity index (χ1v) is 14.8. The van der Waals surface area contributed by atoms with Crippen LogP contribution in [0.4, 0.5) is 8.78 Å². The molecule has 0 amide bonds. The van der Waals surface area contributed by atoms with E-state index in [-0.39, 0.29) is 5.92 Å². The minimum Gasteiger partial charge on any atom is -0.299 e. The molecular weight excluding hydrogens is 526 g/mol. The van der Waals surface area contributed by atoms with E-state index in [0.29, 0.717) is 11.7 Å². The molecule has 3 unspecified atom stereocenters. The summed E-state index contributed by atoms with van der Waals surface area (Å²) in [7, 11) is 0. The molecule has 1 fully saturated rings. The van der Waals surface area contributed by atoms with Crippen LogP contribution in [0.3, 0.4) is 0 Å². The molecule has 0 bridgehead atoms. The molecule has 0 saturated heterocycles. The molecule has 1 aliphatic rings. The molecule has 1 saturated carbocycles. The number of alkyl halides is 2. The number of halogens is 3. The van der Waals surface area contributed by atoms with Gasteiger partial charge in [-0.2, -0.15) is 0 Å². The zero-order valence-electron chi connectivity index (χ0n) is 26.5. The molecular formula is C35H53ClF2O2. The van der Waals surface area contributed by atoms with Gasteiger partial charge in [-0.05, 0) is 76.0 Å². The summed E-state index contributed by atoms with van der Waals surface area (Å²) in [5.41, 5.74) is 5.44. The minimum absolute atomic E-state index is 0.0546. The topological polar surface area (TPSA) is 34.1 Å². The van der Waals surface area contributed by atoms with E-state index in [9.17, 15) is 13.6 Å². The van der Waals surface area contributed by atoms with Gasteiger partial charge in [0.2, 0.25) is 5.92 Å². The molecule has 5 heteroatoms. The first-order chi connectivity index (χ1) is 18.8. The summed E-state index contributed by atoms with van der Waals surface area (Å²) in [4.78, 5) is 21.5. The van der Waals surface area contributed by atoms with E-state index >= 15 is 0 Å². The van der Waals surface area contributed by atoms with Crippen LogP contribution in [0.2, 0.25) is 5.02 Å². The number of carbonyl (C=O) groups excluding carboxylic acids is 2. The monoisotopic (exact) mass is 578 g/mol. The van der Waals surface area contributed by atoms with Crippen LogP contribution < -0.4 is 0 Å². The van der Waals surface area contributed by atoms with Gasteiger partial charge in [-0.1, -0.05) is 120 Å². The summed E-state index contributed by atoms with van der Waals surface area (Å²) in [6.07, 6.45) is 5.92. The van der Waals surface area contributed by atoms with Crippen LogP contribution in [0.25, 0.3) is 0 Å². The van der Waals surface area contributed by atoms with Crippen molar-refractivity contribution >= 4 is 23.3 Å². The first-order valence-electron chi connectivity index (χ1n) is 14.4. The van der Waals surface area contributed by atoms with Crippen LogP contribution >= 0.6 is 11.6 Å². The lowest BCUT2D eigenvalue weighted by Crippen LogP contribution is -2.20. The van der Waals surface area contributed by atoms with Crippen molar-refractivity contribution in [2.24, 2.45) is 11.8 Å². The summed E-state index contributed by atoms with van der Waals surface area (Å²) in [5, 5.41) is 0.840. The average Bonchev–Trinajstić information content (AvgIpc) is 3.16. The maximum absolute atomic E-state index is 12.6. The number of hydrogen-bond donors (Lipinski definition) is 0. The molecule has 3 atom stereocenters. The average molecular weight is 579 g/mol. The third kappa shape index (κ3) is 23.4. The molecule has 2 aromatic carbocycles. The molecule has 2 aromatic rings. The highest BCUT2D eigenvalue weighted by atomic mass is 35.5. The van der Waals surface area contributed by atoms with Gasteiger partial charge in [0.25, 0.3) is 0 Å². The van der Waals surface area contributed by atoms with Crippen LogP contribution in [0, 0.1) is 25.7 Å². The Bertz CT molecular complexity index is 933. The van der Waals surface area contributed by atoms with Crippen molar-refractivity contribution in [1.82, 2.24) is 0 Å². The molecule has 2 nitrogen and oxygen atoms in total. The Kier molecular flexibility index (Phi) is 26.7. The smallest absolute Gasteiger partial charge is 0.242 e. The molecule has 1 aliphatic carbocycles. The Morgan fingerprint density at radius 1 is 0.950 bits per heavy atom. The fourth-order valence-electron chi connectivity index (χ4n) is 3.70. The second-order valence-corrected chi connectivity index (χ2v) is 10.1. The zero-order chi connectivity index (χ0) is 31.7. The normalized spacial score (nSPS) is 16.1. The van der Waals surface area contributed by atoms with Crippen molar-refractivity contribution in [3.05, 3.63) is 82.6 Å². The van der Waals surface area contributed by atoms with E-state index in [1.54, 1.807) is 0 Å². The number of Topliss-reactive ketones (excluding diaryl/α,β-unsaturated/α-hetero) is 1. The Morgan fingerprint density at radius 2 is 1.43 bits per heavy atom. The molecule has 226 valence electrons. The highest BCUT2D eigenvalue weighted by Gasteiger charge is 2.26. The summed E-state index contributed by atoms with van der Waals surface area (Å²) in [6, 6.07) is 16.2. The lowest BCUT2D eigenvalue weighted by Gasteiger charge is -2.18. The predicted molar refractivity (Wildman–Crippen MR) is 170 cm³/mol. The van der Waals surface area contributed by atoms with Gasteiger partial charge in [0.05, 0.1) is 0 Å². The van der Waals surface area contributed by atoms with E-state index in [1.807, 2.05) is 64.6 Å². The van der Waals surface area contributed by atoms with E-state index in [4.69, 9.17) is 16.4 Å². The molecule has 0 radical (unpaired) electrons. The molecule has 0 N–H and O–H groups in total. The summed E-state index contributed by atoms with van der Waals surface area (Å²) < 4.78 is 22.0. The van der Waals surface area contributed by atoms with Gasteiger partial charge in [-0.15, -0.1) is 0 Å². The lowest BCUT2D eigenvalue weighted by atomic mass is 9.84. The maximum atomic E-state index is 12.6. The molecule has 0 heterocycles. The summed E-state index contributed by atoms with van der Waals surface area (Å²) >= 11 is 5.71. The highest BCUT2D eigenvalue weighted by molar-refractivity contribution is 6.31. The Morgan fingerprint density at radius 3 is 1.82 bits per heavy atom. The second kappa shape index (κ2) is 25.5. The minimum atomic E-state index is -2.50. The van der Waals surface area contributed by atoms with Crippen molar-refractivity contribution in [3.8, 4) is 0 Å². The number of ketones is 1. The number of carbonyl (C=O) groups is 1. The van der Waals surface area contributed by atoms with Crippen molar-refractivity contribution < 1.29 is 18.4 Å². The van der Waals surface area contributed by atoms with E-state index in [2.05, 4.69) is 51.6 Å². The van der Waals surface area contributed by atoms with Gasteiger partial charge in [-0.3, -0.25) is 4.79 Å². The van der Waals surface area contributed by atoms with Crippen LogP contribution in [-0.4, -0.2) is 17.6 Å². The van der Waals surface area contributed by atoms with Crippen molar-refractivity contribution in [1.29, 1.82) is 0 Å². The molecule has 40 heavy (non-hydrogen) atoms. The first kappa shape index (κ1) is 42.0. The standard InChI is InChI=1S/C18H26O.C7H7Cl.C3H6F2.C3H2O.2C2H6/c1-13-5-4-6-17(12-9-13)18(19)15(3)16-10-7-14(2)8-11-16;1-6-4-2-3-5-7(6)8;1-3(2,4)5;1-2-3-4;2*1-2/h7-8,10-11,13,15,17H,4-6,9,12H2,1-3H3;2-5H,1H3;1-2H3;1H2;2*1-2H3. The third-order valence-corrected chi connectivity index (χ3v) is 6.24. The van der Waals surface area contributed by atoms with E-state index < -0.39 is 5.92 Å². The third-order valence-electron chi connectivity index (χ3n) is 5.81. The SMILES string of the molecule is C=C=C=O.CC.CC.CC(C)(F)F.Cc1ccc(C(C)C(=O)C2CCCC(C)CC2)cc1.Cc1ccccc1Cl. The highest BCUT2D eigenvalue weighted by Crippen LogP contribution is 2.31. The van der Waals surface area contributed by atoms with Crippen molar-refractivity contribution in [3.63, 3.8) is 0 Å². The molecule has 0 aromatic heterocycles. The quantitative estimate of drug-likeness (QED) is 0.206. The second-order valence-electron chi connectivity index (χ2n) is 9.70. The van der Waals surface area contributed by atoms with Gasteiger partial charge < -0.3 is 0 Å². The van der Waals surface area contributed by atoms with Crippen molar-refractivity contribution in [2.75, 3.05) is 0 Å². The largest absolute Gasteiger partial charge is 0.299 e. The van der Waals surface area contributed by atoms with Gasteiger partial charge in [0.15, 0.2) is 5.94 Å². The number of benzene rings is 2. The van der Waals surface area contributed by atoms with Gasteiger partial charge in [0, 0.05) is 16.9 Å². The van der Waals surface area contributed by atoms with E-state index in [1.165, 1.54) is 36.3 Å². The summed E-state index contributed by atoms with van der Waals surface area (Å²) in [5.74, 6) is 0.422. The van der Waals surface area contributed by atoms with E-state index in [0.717, 1.165) is 43.2 Å². The maximum Gasteiger partial charge on any atom is 0.242 e. The number of aryl methyl sites for hydroxylation is 2. The van der Waals surface area contributed by atoms with Gasteiger partial charge in [-0.25, -0.2) is 13.6 Å². The van der Waals surface area contributed by atoms with Gasteiger partial charge >= 0.3 is 0 Å². The van der Waals surface area contributed by atoms with Crippen LogP contribution in [0.5, 0.6) is 0 Å². The van der Waals surface area contributed by atoms with Crippen molar-refractivity contribution in [2.45, 2.75) is 113 Å². The molecule has 0 spiro atoms. The molecule has 3 rings (SSSR count). The zero-order valence-corrected chi connectivity index (χ0v) is 27.3. The Labute approximate surface area is 248 Å². The lowest BCUT2D eigenvalue weighted by molar-refractivity contribution is -0.124. The summed E-state index contributed by atoms with van der Waals surface area (Å²) in [6.45, 7) is 21.1. The number of rotatable bonds is 3. The van der Waals surface area contributed by atoms with Crippen LogP contribution in [-0.2, 0) is 9.59 Å². The Hall–Kier alpha value is -2.51. The Balaban J connectivity index is -0.000000537. The van der Waals surface area contributed by atoms with Crippen LogP contribution in [0.1, 0.15) is 110 Å².